The van der Waals surface area contributed by atoms with Gasteiger partial charge < -0.3 is 10.6 Å². The molecule has 1 aromatic rings. The summed E-state index contributed by atoms with van der Waals surface area (Å²) in [5.74, 6) is -0.877. The van der Waals surface area contributed by atoms with Crippen LogP contribution >= 0.6 is 0 Å². The molecule has 0 bridgehead atoms. The molecule has 1 spiro atoms. The Morgan fingerprint density at radius 2 is 2.00 bits per heavy atom. The molecule has 10 heteroatoms. The molecule has 1 aliphatic heterocycles. The van der Waals surface area contributed by atoms with Crippen LogP contribution in [0.1, 0.15) is 32.6 Å². The quantitative estimate of drug-likeness (QED) is 0.637. The number of hydrogen-bond acceptors (Lipinski definition) is 5. The Bertz CT molecular complexity index is 916. The maximum atomic E-state index is 12.9. The highest BCUT2D eigenvalue weighted by molar-refractivity contribution is 7.92. The van der Waals surface area contributed by atoms with Crippen LogP contribution in [0, 0.1) is 5.92 Å². The van der Waals surface area contributed by atoms with E-state index in [1.54, 1.807) is 18.2 Å². The number of carbonyl (C=O) groups excluding carboxylic acids is 3. The molecular formula is C18H24N4O5S. The summed E-state index contributed by atoms with van der Waals surface area (Å²) >= 11 is 0. The van der Waals surface area contributed by atoms with Gasteiger partial charge in [-0.2, -0.15) is 0 Å². The molecule has 1 aromatic carbocycles. The van der Waals surface area contributed by atoms with E-state index >= 15 is 0 Å². The Balaban J connectivity index is 1.67. The monoisotopic (exact) mass is 408 g/mol. The first kappa shape index (κ1) is 20.1. The highest BCUT2D eigenvalue weighted by Gasteiger charge is 2.55. The van der Waals surface area contributed by atoms with Crippen molar-refractivity contribution in [3.05, 3.63) is 24.3 Å². The van der Waals surface area contributed by atoms with Gasteiger partial charge in [-0.05, 0) is 37.0 Å². The zero-order valence-electron chi connectivity index (χ0n) is 15.8. The first-order valence-corrected chi connectivity index (χ1v) is 11.0. The van der Waals surface area contributed by atoms with Crippen molar-refractivity contribution in [2.45, 2.75) is 38.1 Å². The van der Waals surface area contributed by atoms with Gasteiger partial charge in [0.2, 0.25) is 15.9 Å². The Labute approximate surface area is 163 Å². The van der Waals surface area contributed by atoms with E-state index in [0.717, 1.165) is 30.4 Å². The molecular weight excluding hydrogens is 384 g/mol. The molecule has 0 aromatic heterocycles. The summed E-state index contributed by atoms with van der Waals surface area (Å²) in [7, 11) is -3.45. The van der Waals surface area contributed by atoms with Crippen molar-refractivity contribution >= 4 is 39.2 Å². The van der Waals surface area contributed by atoms with Gasteiger partial charge in [-0.1, -0.05) is 25.8 Å². The predicted molar refractivity (Wildman–Crippen MR) is 104 cm³/mol. The number of carbonyl (C=O) groups is 3. The van der Waals surface area contributed by atoms with Crippen LogP contribution in [0.3, 0.4) is 0 Å². The van der Waals surface area contributed by atoms with Gasteiger partial charge in [0.15, 0.2) is 0 Å². The number of rotatable bonds is 5. The summed E-state index contributed by atoms with van der Waals surface area (Å²) in [4.78, 5) is 38.6. The summed E-state index contributed by atoms with van der Waals surface area (Å²) in [5.41, 5.74) is -0.258. The van der Waals surface area contributed by atoms with Gasteiger partial charge >= 0.3 is 6.03 Å². The summed E-state index contributed by atoms with van der Waals surface area (Å²) in [6, 6.07) is 5.61. The topological polar surface area (TPSA) is 125 Å². The molecule has 3 rings (SSSR count). The molecule has 1 saturated heterocycles. The lowest BCUT2D eigenvalue weighted by Gasteiger charge is -2.36. The second kappa shape index (κ2) is 7.42. The lowest BCUT2D eigenvalue weighted by atomic mass is 9.73. The van der Waals surface area contributed by atoms with Crippen LogP contribution in [-0.4, -0.2) is 49.5 Å². The molecule has 1 aliphatic carbocycles. The van der Waals surface area contributed by atoms with Crippen molar-refractivity contribution in [3.8, 4) is 0 Å². The summed E-state index contributed by atoms with van der Waals surface area (Å²) in [5, 5.41) is 5.39. The van der Waals surface area contributed by atoms with E-state index < -0.39 is 34.0 Å². The van der Waals surface area contributed by atoms with Crippen LogP contribution in [0.5, 0.6) is 0 Å². The number of nitrogens with one attached hydrogen (secondary N) is 3. The van der Waals surface area contributed by atoms with Gasteiger partial charge in [0.1, 0.15) is 12.1 Å². The van der Waals surface area contributed by atoms with Crippen LogP contribution in [-0.2, 0) is 19.6 Å². The van der Waals surface area contributed by atoms with E-state index in [9.17, 15) is 22.8 Å². The van der Waals surface area contributed by atoms with Gasteiger partial charge in [-0.25, -0.2) is 13.2 Å². The van der Waals surface area contributed by atoms with Crippen molar-refractivity contribution in [1.29, 1.82) is 0 Å². The fourth-order valence-electron chi connectivity index (χ4n) is 3.86. The third-order valence-electron chi connectivity index (χ3n) is 5.25. The fraction of sp³-hybridized carbons (Fsp3) is 0.500. The van der Waals surface area contributed by atoms with Crippen LogP contribution in [0.4, 0.5) is 16.2 Å². The Morgan fingerprint density at radius 1 is 1.29 bits per heavy atom. The van der Waals surface area contributed by atoms with Crippen molar-refractivity contribution in [3.63, 3.8) is 0 Å². The maximum Gasteiger partial charge on any atom is 0.325 e. The summed E-state index contributed by atoms with van der Waals surface area (Å²) < 4.78 is 25.0. The SMILES string of the molecule is CC1CCCCC12NC(=O)N(CC(=O)Nc1cccc(NS(C)(=O)=O)c1)C2=O. The standard InChI is InChI=1S/C18H24N4O5S/c1-12-6-3-4-9-18(12)16(24)22(17(25)20-18)11-15(23)19-13-7-5-8-14(10-13)21-28(2,26)27/h5,7-8,10,12,21H,3-4,6,9,11H2,1-2H3,(H,19,23)(H,20,25). The molecule has 2 aliphatic rings. The molecule has 0 radical (unpaired) electrons. The smallest absolute Gasteiger partial charge is 0.324 e. The average Bonchev–Trinajstić information content (AvgIpc) is 2.81. The average molecular weight is 408 g/mol. The first-order valence-electron chi connectivity index (χ1n) is 9.12. The first-order chi connectivity index (χ1) is 13.1. The van der Waals surface area contributed by atoms with Crippen LogP contribution < -0.4 is 15.4 Å². The largest absolute Gasteiger partial charge is 0.325 e. The predicted octanol–water partition coefficient (Wildman–Crippen LogP) is 1.50. The molecule has 1 saturated carbocycles. The number of sulfonamides is 1. The zero-order chi connectivity index (χ0) is 20.5. The molecule has 3 N–H and O–H groups in total. The van der Waals surface area contributed by atoms with Crippen molar-refractivity contribution in [2.24, 2.45) is 5.92 Å². The van der Waals surface area contributed by atoms with E-state index in [0.29, 0.717) is 17.8 Å². The van der Waals surface area contributed by atoms with E-state index in [-0.39, 0.29) is 11.8 Å². The number of hydrogen-bond donors (Lipinski definition) is 3. The second-order valence-corrected chi connectivity index (χ2v) is 9.19. The van der Waals surface area contributed by atoms with Crippen molar-refractivity contribution in [2.75, 3.05) is 22.8 Å². The van der Waals surface area contributed by atoms with Gasteiger partial charge in [0, 0.05) is 5.69 Å². The lowest BCUT2D eigenvalue weighted by molar-refractivity contribution is -0.136. The van der Waals surface area contributed by atoms with Crippen molar-refractivity contribution < 1.29 is 22.8 Å². The molecule has 2 atom stereocenters. The number of imide groups is 1. The normalized spacial score (nSPS) is 24.9. The van der Waals surface area contributed by atoms with E-state index in [4.69, 9.17) is 0 Å². The highest BCUT2D eigenvalue weighted by Crippen LogP contribution is 2.38. The number of nitrogens with zero attached hydrogens (tertiary/aromatic N) is 1. The summed E-state index contributed by atoms with van der Waals surface area (Å²) in [6.07, 6.45) is 4.33. The minimum absolute atomic E-state index is 0.0181. The van der Waals surface area contributed by atoms with Crippen LogP contribution in [0.2, 0.25) is 0 Å². The van der Waals surface area contributed by atoms with Crippen LogP contribution in [0.25, 0.3) is 0 Å². The van der Waals surface area contributed by atoms with Gasteiger partial charge in [-0.3, -0.25) is 19.2 Å². The highest BCUT2D eigenvalue weighted by atomic mass is 32.2. The Hall–Kier alpha value is -2.62. The molecule has 28 heavy (non-hydrogen) atoms. The molecule has 9 nitrogen and oxygen atoms in total. The van der Waals surface area contributed by atoms with E-state index in [1.165, 1.54) is 6.07 Å². The minimum Gasteiger partial charge on any atom is -0.324 e. The molecule has 2 fully saturated rings. The Morgan fingerprint density at radius 3 is 2.68 bits per heavy atom. The van der Waals surface area contributed by atoms with Crippen LogP contribution in [0.15, 0.2) is 24.3 Å². The number of benzene rings is 1. The number of amides is 4. The second-order valence-electron chi connectivity index (χ2n) is 7.44. The summed E-state index contributed by atoms with van der Waals surface area (Å²) in [6.45, 7) is 1.55. The molecule has 152 valence electrons. The Kier molecular flexibility index (Phi) is 5.33. The fourth-order valence-corrected chi connectivity index (χ4v) is 4.41. The third-order valence-corrected chi connectivity index (χ3v) is 5.86. The lowest BCUT2D eigenvalue weighted by Crippen LogP contribution is -2.54. The van der Waals surface area contributed by atoms with E-state index in [1.807, 2.05) is 6.92 Å². The molecule has 2 unspecified atom stereocenters. The minimum atomic E-state index is -3.45. The zero-order valence-corrected chi connectivity index (χ0v) is 16.6. The van der Waals surface area contributed by atoms with Gasteiger partial charge in [-0.15, -0.1) is 0 Å². The van der Waals surface area contributed by atoms with E-state index in [2.05, 4.69) is 15.4 Å². The third kappa shape index (κ3) is 4.11. The molecule has 1 heterocycles. The van der Waals surface area contributed by atoms with Gasteiger partial charge in [0.25, 0.3) is 5.91 Å². The maximum absolute atomic E-state index is 12.9. The molecule has 4 amide bonds. The number of anilines is 2. The van der Waals surface area contributed by atoms with Gasteiger partial charge in [0.05, 0.1) is 11.9 Å². The number of urea groups is 1. The van der Waals surface area contributed by atoms with Crippen molar-refractivity contribution in [1.82, 2.24) is 10.2 Å².